The molecule has 0 bridgehead atoms. The van der Waals surface area contributed by atoms with Gasteiger partial charge in [-0.05, 0) is 40.8 Å². The lowest BCUT2D eigenvalue weighted by Crippen LogP contribution is -2.17. The molecule has 20 heavy (non-hydrogen) atoms. The average molecular weight is 341 g/mol. The predicted molar refractivity (Wildman–Crippen MR) is 76.0 cm³/mol. The molecule has 2 N–H and O–H groups in total. The van der Waals surface area contributed by atoms with Crippen LogP contribution in [0.15, 0.2) is 16.6 Å². The first-order valence-electron chi connectivity index (χ1n) is 6.53. The van der Waals surface area contributed by atoms with Crippen molar-refractivity contribution >= 4 is 32.9 Å². The molecule has 1 aromatic heterocycles. The first-order valence-corrected chi connectivity index (χ1v) is 7.32. The van der Waals surface area contributed by atoms with Gasteiger partial charge in [0.1, 0.15) is 11.6 Å². The van der Waals surface area contributed by atoms with Gasteiger partial charge in [-0.15, -0.1) is 0 Å². The lowest BCUT2D eigenvalue weighted by Gasteiger charge is -2.12. The molecule has 3 atom stereocenters. The van der Waals surface area contributed by atoms with Crippen molar-refractivity contribution in [3.05, 3.63) is 28.2 Å². The summed E-state index contributed by atoms with van der Waals surface area (Å²) in [5.74, 6) is -0.683. The van der Waals surface area contributed by atoms with Gasteiger partial charge in [0.25, 0.3) is 0 Å². The Hall–Kier alpha value is -1.43. The van der Waals surface area contributed by atoms with Gasteiger partial charge in [-0.1, -0.05) is 6.92 Å². The maximum atomic E-state index is 13.5. The van der Waals surface area contributed by atoms with Gasteiger partial charge < -0.3 is 10.1 Å². The fourth-order valence-corrected chi connectivity index (χ4v) is 3.40. The number of nitrogens with one attached hydrogen (secondary N) is 1. The van der Waals surface area contributed by atoms with Crippen molar-refractivity contribution < 1.29 is 14.3 Å². The number of imidazole rings is 1. The number of benzene rings is 1. The number of aromatic amines is 1. The summed E-state index contributed by atoms with van der Waals surface area (Å²) in [6, 6.07) is 2.99. The predicted octanol–water partition coefficient (Wildman–Crippen LogP) is 3.68. The molecule has 2 aromatic rings. The number of carboxylic acid groups (broad SMARTS) is 1. The molecule has 4 nitrogen and oxygen atoms in total. The Balaban J connectivity index is 2.03. The molecule has 106 valence electrons. The zero-order valence-electron chi connectivity index (χ0n) is 10.9. The Labute approximate surface area is 123 Å². The van der Waals surface area contributed by atoms with Gasteiger partial charge >= 0.3 is 5.97 Å². The molecule has 1 aliphatic carbocycles. The highest BCUT2D eigenvalue weighted by atomic mass is 79.9. The van der Waals surface area contributed by atoms with Crippen molar-refractivity contribution in [3.8, 4) is 0 Å². The molecule has 3 rings (SSSR count). The minimum Gasteiger partial charge on any atom is -0.481 e. The second-order valence-electron chi connectivity index (χ2n) is 5.53. The van der Waals surface area contributed by atoms with Crippen LogP contribution in [0.25, 0.3) is 11.0 Å². The van der Waals surface area contributed by atoms with Crippen LogP contribution in [0.4, 0.5) is 4.39 Å². The number of fused-ring (bicyclic) bond motifs is 1. The van der Waals surface area contributed by atoms with Crippen molar-refractivity contribution in [2.45, 2.75) is 25.7 Å². The van der Waals surface area contributed by atoms with Gasteiger partial charge in [-0.25, -0.2) is 9.37 Å². The number of carbonyl (C=O) groups is 1. The monoisotopic (exact) mass is 340 g/mol. The molecule has 0 saturated heterocycles. The van der Waals surface area contributed by atoms with Gasteiger partial charge in [0.2, 0.25) is 0 Å². The number of halogens is 2. The number of nitrogens with zero attached hydrogens (tertiary/aromatic N) is 1. The molecule has 0 radical (unpaired) electrons. The summed E-state index contributed by atoms with van der Waals surface area (Å²) >= 11 is 3.13. The van der Waals surface area contributed by atoms with Gasteiger partial charge in [0.05, 0.1) is 21.4 Å². The fraction of sp³-hybridized carbons (Fsp3) is 0.429. The Kier molecular flexibility index (Phi) is 3.28. The second-order valence-corrected chi connectivity index (χ2v) is 6.39. The van der Waals surface area contributed by atoms with E-state index in [0.717, 1.165) is 6.42 Å². The number of rotatable bonds is 2. The third-order valence-corrected chi connectivity index (χ3v) is 4.62. The summed E-state index contributed by atoms with van der Waals surface area (Å²) in [7, 11) is 0. The van der Waals surface area contributed by atoms with Crippen LogP contribution in [0, 0.1) is 17.7 Å². The van der Waals surface area contributed by atoms with Crippen molar-refractivity contribution in [2.24, 2.45) is 11.8 Å². The van der Waals surface area contributed by atoms with E-state index in [2.05, 4.69) is 32.8 Å². The van der Waals surface area contributed by atoms with Gasteiger partial charge in [-0.2, -0.15) is 0 Å². The molecule has 1 heterocycles. The van der Waals surface area contributed by atoms with Gasteiger partial charge in [0.15, 0.2) is 0 Å². The number of hydrogen-bond donors (Lipinski definition) is 2. The molecule has 0 spiro atoms. The zero-order valence-corrected chi connectivity index (χ0v) is 12.4. The number of aliphatic carboxylic acids is 1. The van der Waals surface area contributed by atoms with E-state index in [0.29, 0.717) is 33.7 Å². The molecule has 6 heteroatoms. The molecule has 0 aliphatic heterocycles. The van der Waals surface area contributed by atoms with Crippen LogP contribution in [0.3, 0.4) is 0 Å². The number of aromatic nitrogens is 2. The molecular weight excluding hydrogens is 327 g/mol. The number of carboxylic acids is 1. The smallest absolute Gasteiger partial charge is 0.307 e. The Morgan fingerprint density at radius 1 is 1.50 bits per heavy atom. The standard InChI is InChI=1S/C14H14BrFN2O2/c1-6-2-7(8(3-6)14(19)20)13-17-11-4-9(15)10(16)5-12(11)18-13/h4-8H,2-3H2,1H3,(H,17,18)(H,19,20). The molecular formula is C14H14BrFN2O2. The van der Waals surface area contributed by atoms with E-state index < -0.39 is 11.9 Å². The summed E-state index contributed by atoms with van der Waals surface area (Å²) in [6.45, 7) is 2.05. The maximum Gasteiger partial charge on any atom is 0.307 e. The first kappa shape index (κ1) is 13.5. The van der Waals surface area contributed by atoms with Crippen molar-refractivity contribution in [1.82, 2.24) is 9.97 Å². The Morgan fingerprint density at radius 3 is 2.95 bits per heavy atom. The van der Waals surface area contributed by atoms with Crippen LogP contribution in [-0.4, -0.2) is 21.0 Å². The van der Waals surface area contributed by atoms with Gasteiger partial charge in [-0.3, -0.25) is 4.79 Å². The van der Waals surface area contributed by atoms with Crippen molar-refractivity contribution in [1.29, 1.82) is 0 Å². The molecule has 0 amide bonds. The Morgan fingerprint density at radius 2 is 2.25 bits per heavy atom. The van der Waals surface area contributed by atoms with E-state index in [4.69, 9.17) is 0 Å². The fourth-order valence-electron chi connectivity index (χ4n) is 3.07. The minimum absolute atomic E-state index is 0.128. The van der Waals surface area contributed by atoms with Crippen molar-refractivity contribution in [3.63, 3.8) is 0 Å². The van der Waals surface area contributed by atoms with Crippen LogP contribution in [0.1, 0.15) is 31.5 Å². The molecule has 1 saturated carbocycles. The highest BCUT2D eigenvalue weighted by Crippen LogP contribution is 2.42. The van der Waals surface area contributed by atoms with E-state index in [-0.39, 0.29) is 11.7 Å². The highest BCUT2D eigenvalue weighted by molar-refractivity contribution is 9.10. The maximum absolute atomic E-state index is 13.5. The first-order chi connectivity index (χ1) is 9.45. The molecule has 1 aromatic carbocycles. The van der Waals surface area contributed by atoms with Crippen molar-refractivity contribution in [2.75, 3.05) is 0 Å². The van der Waals surface area contributed by atoms with Gasteiger partial charge in [0, 0.05) is 12.0 Å². The van der Waals surface area contributed by atoms with E-state index in [1.54, 1.807) is 6.07 Å². The summed E-state index contributed by atoms with van der Waals surface area (Å²) in [4.78, 5) is 18.9. The van der Waals surface area contributed by atoms with E-state index in [9.17, 15) is 14.3 Å². The van der Waals surface area contributed by atoms with E-state index >= 15 is 0 Å². The second kappa shape index (κ2) is 4.84. The van der Waals surface area contributed by atoms with E-state index in [1.807, 2.05) is 0 Å². The third kappa shape index (κ3) is 2.22. The van der Waals surface area contributed by atoms with Crippen LogP contribution >= 0.6 is 15.9 Å². The number of hydrogen-bond acceptors (Lipinski definition) is 2. The topological polar surface area (TPSA) is 66.0 Å². The SMILES string of the molecule is CC1CC(C(=O)O)C(c2nc3cc(Br)c(F)cc3[nH]2)C1. The summed E-state index contributed by atoms with van der Waals surface area (Å²) in [5, 5.41) is 9.32. The zero-order chi connectivity index (χ0) is 14.4. The Bertz CT molecular complexity index is 646. The van der Waals surface area contributed by atoms with Crippen LogP contribution < -0.4 is 0 Å². The highest BCUT2D eigenvalue weighted by Gasteiger charge is 2.39. The number of H-pyrrole nitrogens is 1. The molecule has 1 aliphatic rings. The molecule has 3 unspecified atom stereocenters. The lowest BCUT2D eigenvalue weighted by molar-refractivity contribution is -0.142. The minimum atomic E-state index is -0.785. The summed E-state index contributed by atoms with van der Waals surface area (Å²) < 4.78 is 13.9. The third-order valence-electron chi connectivity index (χ3n) is 4.01. The molecule has 1 fully saturated rings. The lowest BCUT2D eigenvalue weighted by atomic mass is 9.96. The quantitative estimate of drug-likeness (QED) is 0.876. The van der Waals surface area contributed by atoms with Crippen LogP contribution in [-0.2, 0) is 4.79 Å². The summed E-state index contributed by atoms with van der Waals surface area (Å²) in [6.07, 6.45) is 1.45. The summed E-state index contributed by atoms with van der Waals surface area (Å²) in [5.41, 5.74) is 1.25. The average Bonchev–Trinajstić information content (AvgIpc) is 2.93. The van der Waals surface area contributed by atoms with Crippen LogP contribution in [0.5, 0.6) is 0 Å². The van der Waals surface area contributed by atoms with E-state index in [1.165, 1.54) is 6.07 Å². The largest absolute Gasteiger partial charge is 0.481 e. The van der Waals surface area contributed by atoms with Crippen LogP contribution in [0.2, 0.25) is 0 Å². The normalized spacial score (nSPS) is 26.2.